The van der Waals surface area contributed by atoms with Crippen molar-refractivity contribution in [2.75, 3.05) is 6.54 Å². The van der Waals surface area contributed by atoms with Crippen LogP contribution in [0.2, 0.25) is 5.02 Å². The number of halogens is 2. The molecule has 0 saturated carbocycles. The first-order chi connectivity index (χ1) is 13.4. The van der Waals surface area contributed by atoms with Gasteiger partial charge >= 0.3 is 0 Å². The average molecular weight is 419 g/mol. The molecule has 0 fully saturated rings. The van der Waals surface area contributed by atoms with Crippen LogP contribution in [0.5, 0.6) is 0 Å². The highest BCUT2D eigenvalue weighted by atomic mass is 35.5. The van der Waals surface area contributed by atoms with Crippen molar-refractivity contribution in [2.45, 2.75) is 10.1 Å². The SMILES string of the molecule is O=C(NCC(c1cccnc1)S(=O)(=O)c1ccc(Cl)cc1)c1cccc(F)c1. The Morgan fingerprint density at radius 3 is 2.50 bits per heavy atom. The summed E-state index contributed by atoms with van der Waals surface area (Å²) in [4.78, 5) is 16.4. The summed E-state index contributed by atoms with van der Waals surface area (Å²) in [6.07, 6.45) is 2.97. The van der Waals surface area contributed by atoms with Gasteiger partial charge in [-0.1, -0.05) is 23.7 Å². The van der Waals surface area contributed by atoms with Gasteiger partial charge in [0.2, 0.25) is 0 Å². The van der Waals surface area contributed by atoms with E-state index in [1.54, 1.807) is 12.1 Å². The molecule has 1 amide bonds. The number of benzene rings is 2. The minimum atomic E-state index is -3.84. The van der Waals surface area contributed by atoms with Gasteiger partial charge in [-0.3, -0.25) is 9.78 Å². The Morgan fingerprint density at radius 2 is 1.86 bits per heavy atom. The third kappa shape index (κ3) is 4.55. The second-order valence-electron chi connectivity index (χ2n) is 5.99. The number of hydrogen-bond acceptors (Lipinski definition) is 4. The van der Waals surface area contributed by atoms with Gasteiger partial charge in [0.1, 0.15) is 11.1 Å². The molecule has 0 spiro atoms. The van der Waals surface area contributed by atoms with Crippen LogP contribution in [0.15, 0.2) is 78.0 Å². The van der Waals surface area contributed by atoms with Crippen LogP contribution in [0, 0.1) is 5.82 Å². The van der Waals surface area contributed by atoms with Gasteiger partial charge in [-0.15, -0.1) is 0 Å². The average Bonchev–Trinajstić information content (AvgIpc) is 2.69. The molecule has 5 nitrogen and oxygen atoms in total. The number of rotatable bonds is 6. The normalized spacial score (nSPS) is 12.4. The Hall–Kier alpha value is -2.77. The number of pyridine rings is 1. The molecule has 2 aromatic carbocycles. The lowest BCUT2D eigenvalue weighted by molar-refractivity contribution is 0.0953. The lowest BCUT2D eigenvalue weighted by Crippen LogP contribution is -2.32. The van der Waals surface area contributed by atoms with Gasteiger partial charge in [-0.05, 0) is 54.1 Å². The largest absolute Gasteiger partial charge is 0.350 e. The van der Waals surface area contributed by atoms with E-state index < -0.39 is 26.8 Å². The maximum absolute atomic E-state index is 13.3. The Morgan fingerprint density at radius 1 is 1.11 bits per heavy atom. The maximum atomic E-state index is 13.3. The maximum Gasteiger partial charge on any atom is 0.251 e. The zero-order valence-electron chi connectivity index (χ0n) is 14.5. The van der Waals surface area contributed by atoms with E-state index in [1.807, 2.05) is 0 Å². The van der Waals surface area contributed by atoms with Crippen molar-refractivity contribution in [1.29, 1.82) is 0 Å². The standard InChI is InChI=1S/C20H16ClFN2O3S/c21-16-6-8-18(9-7-16)28(26,27)19(15-4-2-10-23-12-15)13-24-20(25)14-3-1-5-17(22)11-14/h1-12,19H,13H2,(H,24,25). The molecular weight excluding hydrogens is 403 g/mol. The fourth-order valence-electron chi connectivity index (χ4n) is 2.68. The van der Waals surface area contributed by atoms with E-state index in [0.29, 0.717) is 10.6 Å². The molecule has 1 unspecified atom stereocenters. The number of nitrogens with zero attached hydrogens (tertiary/aromatic N) is 1. The van der Waals surface area contributed by atoms with E-state index in [9.17, 15) is 17.6 Å². The molecule has 1 aromatic heterocycles. The predicted molar refractivity (Wildman–Crippen MR) is 104 cm³/mol. The molecule has 144 valence electrons. The smallest absolute Gasteiger partial charge is 0.251 e. The monoisotopic (exact) mass is 418 g/mol. The van der Waals surface area contributed by atoms with Gasteiger partial charge in [-0.25, -0.2) is 12.8 Å². The lowest BCUT2D eigenvalue weighted by atomic mass is 10.2. The number of nitrogens with one attached hydrogen (secondary N) is 1. The molecule has 0 aliphatic heterocycles. The zero-order chi connectivity index (χ0) is 20.1. The second-order valence-corrected chi connectivity index (χ2v) is 8.56. The summed E-state index contributed by atoms with van der Waals surface area (Å²) in [5.41, 5.74) is 0.533. The van der Waals surface area contributed by atoms with Gasteiger partial charge in [0.15, 0.2) is 9.84 Å². The summed E-state index contributed by atoms with van der Waals surface area (Å²) >= 11 is 5.85. The number of hydrogen-bond donors (Lipinski definition) is 1. The van der Waals surface area contributed by atoms with Crippen LogP contribution in [-0.2, 0) is 9.84 Å². The number of aromatic nitrogens is 1. The molecule has 28 heavy (non-hydrogen) atoms. The molecule has 0 radical (unpaired) electrons. The summed E-state index contributed by atoms with van der Waals surface area (Å²) in [7, 11) is -3.84. The van der Waals surface area contributed by atoms with E-state index in [2.05, 4.69) is 10.3 Å². The quantitative estimate of drug-likeness (QED) is 0.660. The third-order valence-electron chi connectivity index (χ3n) is 4.11. The summed E-state index contributed by atoms with van der Waals surface area (Å²) < 4.78 is 39.7. The van der Waals surface area contributed by atoms with Gasteiger partial charge in [0.05, 0.1) is 4.90 Å². The second kappa shape index (κ2) is 8.50. The van der Waals surface area contributed by atoms with Crippen molar-refractivity contribution in [3.8, 4) is 0 Å². The summed E-state index contributed by atoms with van der Waals surface area (Å²) in [6.45, 7) is -0.202. The van der Waals surface area contributed by atoms with Crippen LogP contribution in [0.25, 0.3) is 0 Å². The minimum Gasteiger partial charge on any atom is -0.350 e. The summed E-state index contributed by atoms with van der Waals surface area (Å²) in [5, 5.41) is 1.92. The summed E-state index contributed by atoms with van der Waals surface area (Å²) in [5.74, 6) is -1.12. The van der Waals surface area contributed by atoms with Crippen molar-refractivity contribution in [1.82, 2.24) is 10.3 Å². The van der Waals surface area contributed by atoms with Crippen molar-refractivity contribution in [3.63, 3.8) is 0 Å². The van der Waals surface area contributed by atoms with Crippen LogP contribution in [0.1, 0.15) is 21.2 Å². The van der Waals surface area contributed by atoms with Gasteiger partial charge in [-0.2, -0.15) is 0 Å². The van der Waals surface area contributed by atoms with Crippen molar-refractivity contribution in [2.24, 2.45) is 0 Å². The summed E-state index contributed by atoms with van der Waals surface area (Å²) in [6, 6.07) is 14.2. The van der Waals surface area contributed by atoms with Crippen LogP contribution >= 0.6 is 11.6 Å². The third-order valence-corrected chi connectivity index (χ3v) is 6.48. The first kappa shape index (κ1) is 20.0. The van der Waals surface area contributed by atoms with Crippen molar-refractivity contribution < 1.29 is 17.6 Å². The molecule has 1 atom stereocenters. The lowest BCUT2D eigenvalue weighted by Gasteiger charge is -2.19. The fraction of sp³-hybridized carbons (Fsp3) is 0.100. The van der Waals surface area contributed by atoms with E-state index in [-0.39, 0.29) is 17.0 Å². The highest BCUT2D eigenvalue weighted by molar-refractivity contribution is 7.91. The minimum absolute atomic E-state index is 0.0748. The molecule has 0 saturated heterocycles. The van der Waals surface area contributed by atoms with Crippen LogP contribution < -0.4 is 5.32 Å². The molecule has 1 N–H and O–H groups in total. The van der Waals surface area contributed by atoms with E-state index in [4.69, 9.17) is 11.6 Å². The highest BCUT2D eigenvalue weighted by Gasteiger charge is 2.30. The molecule has 0 bridgehead atoms. The van der Waals surface area contributed by atoms with E-state index in [0.717, 1.165) is 6.07 Å². The van der Waals surface area contributed by atoms with Crippen LogP contribution in [-0.4, -0.2) is 25.9 Å². The molecule has 1 heterocycles. The molecule has 0 aliphatic carbocycles. The van der Waals surface area contributed by atoms with Crippen molar-refractivity contribution >= 4 is 27.3 Å². The van der Waals surface area contributed by atoms with Crippen LogP contribution in [0.3, 0.4) is 0 Å². The molecular formula is C20H16ClFN2O3S. The highest BCUT2D eigenvalue weighted by Crippen LogP contribution is 2.29. The molecule has 3 aromatic rings. The number of carbonyl (C=O) groups is 1. The predicted octanol–water partition coefficient (Wildman–Crippen LogP) is 3.82. The Kier molecular flexibility index (Phi) is 6.06. The fourth-order valence-corrected chi connectivity index (χ4v) is 4.45. The molecule has 3 rings (SSSR count). The molecule has 8 heteroatoms. The first-order valence-corrected chi connectivity index (χ1v) is 10.2. The first-order valence-electron chi connectivity index (χ1n) is 8.31. The van der Waals surface area contributed by atoms with Gasteiger partial charge < -0.3 is 5.32 Å². The topological polar surface area (TPSA) is 76.1 Å². The van der Waals surface area contributed by atoms with Crippen molar-refractivity contribution in [3.05, 3.63) is 95.0 Å². The zero-order valence-corrected chi connectivity index (χ0v) is 16.1. The van der Waals surface area contributed by atoms with E-state index >= 15 is 0 Å². The van der Waals surface area contributed by atoms with Gasteiger partial charge in [0.25, 0.3) is 5.91 Å². The Bertz CT molecular complexity index is 1070. The Balaban J connectivity index is 1.90. The number of amides is 1. The Labute approximate surface area is 167 Å². The van der Waals surface area contributed by atoms with E-state index in [1.165, 1.54) is 54.9 Å². The number of carbonyl (C=O) groups excluding carboxylic acids is 1. The number of sulfone groups is 1. The van der Waals surface area contributed by atoms with Gasteiger partial charge in [0, 0.05) is 29.5 Å². The van der Waals surface area contributed by atoms with Crippen LogP contribution in [0.4, 0.5) is 4.39 Å². The molecule has 0 aliphatic rings.